The molecule has 2 aliphatic rings. The van der Waals surface area contributed by atoms with Crippen LogP contribution in [-0.4, -0.2) is 13.1 Å². The van der Waals surface area contributed by atoms with E-state index in [0.29, 0.717) is 0 Å². The van der Waals surface area contributed by atoms with Crippen LogP contribution >= 0.6 is 0 Å². The van der Waals surface area contributed by atoms with Crippen molar-refractivity contribution in [3.8, 4) is 0 Å². The molecule has 0 spiro atoms. The van der Waals surface area contributed by atoms with Gasteiger partial charge in [0.2, 0.25) is 0 Å². The molecule has 5 atom stereocenters. The molecule has 2 rings (SSSR count). The molecule has 0 aromatic heterocycles. The van der Waals surface area contributed by atoms with Gasteiger partial charge < -0.3 is 5.32 Å². The average molecular weight is 294 g/mol. The highest BCUT2D eigenvalue weighted by molar-refractivity contribution is 4.88. The maximum absolute atomic E-state index is 3.73. The molecule has 0 amide bonds. The molecule has 0 aromatic carbocycles. The molecule has 0 saturated heterocycles. The van der Waals surface area contributed by atoms with E-state index in [-0.39, 0.29) is 0 Å². The normalized spacial score (nSPS) is 37.6. The monoisotopic (exact) mass is 293 g/mol. The van der Waals surface area contributed by atoms with Crippen LogP contribution in [0.4, 0.5) is 0 Å². The molecule has 2 saturated carbocycles. The Bertz CT molecular complexity index is 273. The van der Waals surface area contributed by atoms with E-state index >= 15 is 0 Å². The van der Waals surface area contributed by atoms with E-state index in [1.165, 1.54) is 70.9 Å². The summed E-state index contributed by atoms with van der Waals surface area (Å²) in [5.74, 6) is 5.11. The van der Waals surface area contributed by atoms with E-state index in [2.05, 4.69) is 26.1 Å². The summed E-state index contributed by atoms with van der Waals surface area (Å²) in [5.41, 5.74) is 0. The van der Waals surface area contributed by atoms with Gasteiger partial charge in [0.15, 0.2) is 0 Å². The molecule has 0 heterocycles. The Morgan fingerprint density at radius 2 is 1.62 bits per heavy atom. The highest BCUT2D eigenvalue weighted by Crippen LogP contribution is 2.45. The van der Waals surface area contributed by atoms with Gasteiger partial charge >= 0.3 is 0 Å². The second kappa shape index (κ2) is 9.18. The number of hydrogen-bond acceptors (Lipinski definition) is 1. The maximum Gasteiger partial charge on any atom is -0.00178 e. The van der Waals surface area contributed by atoms with Crippen molar-refractivity contribution in [2.45, 2.75) is 85.0 Å². The zero-order chi connectivity index (χ0) is 15.1. The second-order valence-corrected chi connectivity index (χ2v) is 7.92. The van der Waals surface area contributed by atoms with Gasteiger partial charge in [0, 0.05) is 0 Å². The molecule has 0 radical (unpaired) electrons. The Morgan fingerprint density at radius 3 is 2.33 bits per heavy atom. The predicted molar refractivity (Wildman–Crippen MR) is 93.5 cm³/mol. The van der Waals surface area contributed by atoms with Crippen molar-refractivity contribution in [3.63, 3.8) is 0 Å². The van der Waals surface area contributed by atoms with Crippen LogP contribution in [0.25, 0.3) is 0 Å². The lowest BCUT2D eigenvalue weighted by Gasteiger charge is -2.43. The third-order valence-corrected chi connectivity index (χ3v) is 6.57. The SMILES string of the molecule is CCCNCC1CCC(CC)CC1C1CCCC(CC)C1. The Kier molecular flexibility index (Phi) is 7.57. The third-order valence-electron chi connectivity index (χ3n) is 6.57. The molecular weight excluding hydrogens is 254 g/mol. The van der Waals surface area contributed by atoms with Gasteiger partial charge in [-0.3, -0.25) is 0 Å². The fourth-order valence-corrected chi connectivity index (χ4v) is 5.12. The fraction of sp³-hybridized carbons (Fsp3) is 1.00. The smallest absolute Gasteiger partial charge is 0.00178 e. The molecule has 124 valence electrons. The summed E-state index contributed by atoms with van der Waals surface area (Å²) in [6, 6.07) is 0. The summed E-state index contributed by atoms with van der Waals surface area (Å²) >= 11 is 0. The van der Waals surface area contributed by atoms with Crippen LogP contribution in [0.2, 0.25) is 0 Å². The summed E-state index contributed by atoms with van der Waals surface area (Å²) in [7, 11) is 0. The lowest BCUT2D eigenvalue weighted by atomic mass is 9.63. The molecular formula is C20H39N. The number of hydrogen-bond donors (Lipinski definition) is 1. The van der Waals surface area contributed by atoms with Gasteiger partial charge in [-0.25, -0.2) is 0 Å². The van der Waals surface area contributed by atoms with E-state index in [1.54, 1.807) is 6.42 Å². The highest BCUT2D eigenvalue weighted by atomic mass is 14.9. The fourth-order valence-electron chi connectivity index (χ4n) is 5.12. The molecule has 1 N–H and O–H groups in total. The average Bonchev–Trinajstić information content (AvgIpc) is 2.55. The van der Waals surface area contributed by atoms with E-state index in [9.17, 15) is 0 Å². The maximum atomic E-state index is 3.73. The van der Waals surface area contributed by atoms with Crippen LogP contribution in [0, 0.1) is 29.6 Å². The van der Waals surface area contributed by atoms with Crippen LogP contribution in [0.1, 0.15) is 85.0 Å². The Hall–Kier alpha value is -0.0400. The van der Waals surface area contributed by atoms with Crippen molar-refractivity contribution in [3.05, 3.63) is 0 Å². The van der Waals surface area contributed by atoms with E-state index in [1.807, 2.05) is 0 Å². The summed E-state index contributed by atoms with van der Waals surface area (Å²) in [6.45, 7) is 9.60. The summed E-state index contributed by atoms with van der Waals surface area (Å²) < 4.78 is 0. The van der Waals surface area contributed by atoms with Crippen molar-refractivity contribution in [2.75, 3.05) is 13.1 Å². The van der Waals surface area contributed by atoms with Gasteiger partial charge in [0.25, 0.3) is 0 Å². The summed E-state index contributed by atoms with van der Waals surface area (Å²) in [5, 5.41) is 3.73. The molecule has 1 nitrogen and oxygen atoms in total. The second-order valence-electron chi connectivity index (χ2n) is 7.92. The highest BCUT2D eigenvalue weighted by Gasteiger charge is 2.36. The van der Waals surface area contributed by atoms with Gasteiger partial charge in [-0.1, -0.05) is 59.3 Å². The van der Waals surface area contributed by atoms with Crippen molar-refractivity contribution >= 4 is 0 Å². The standard InChI is InChI=1S/C20H39N/c1-4-12-21-15-19-11-10-17(6-3)14-20(19)18-9-7-8-16(5-2)13-18/h16-21H,4-15H2,1-3H3. The van der Waals surface area contributed by atoms with Crippen LogP contribution < -0.4 is 5.32 Å². The Labute approximate surface area is 133 Å². The molecule has 5 unspecified atom stereocenters. The first kappa shape index (κ1) is 17.3. The molecule has 2 aliphatic carbocycles. The molecule has 21 heavy (non-hydrogen) atoms. The minimum Gasteiger partial charge on any atom is -0.316 e. The van der Waals surface area contributed by atoms with Crippen LogP contribution in [0.3, 0.4) is 0 Å². The molecule has 0 bridgehead atoms. The van der Waals surface area contributed by atoms with Crippen molar-refractivity contribution in [2.24, 2.45) is 29.6 Å². The predicted octanol–water partition coefficient (Wildman–Crippen LogP) is 5.64. The molecule has 0 aliphatic heterocycles. The van der Waals surface area contributed by atoms with Gasteiger partial charge in [0.1, 0.15) is 0 Å². The number of rotatable bonds is 7. The molecule has 2 fully saturated rings. The first-order valence-electron chi connectivity index (χ1n) is 9.99. The Morgan fingerprint density at radius 1 is 0.857 bits per heavy atom. The lowest BCUT2D eigenvalue weighted by molar-refractivity contribution is 0.0773. The van der Waals surface area contributed by atoms with Crippen LogP contribution in [0.15, 0.2) is 0 Å². The van der Waals surface area contributed by atoms with Gasteiger partial charge in [-0.05, 0) is 68.4 Å². The summed E-state index contributed by atoms with van der Waals surface area (Å²) in [4.78, 5) is 0. The topological polar surface area (TPSA) is 12.0 Å². The van der Waals surface area contributed by atoms with Crippen molar-refractivity contribution in [1.82, 2.24) is 5.32 Å². The van der Waals surface area contributed by atoms with Crippen molar-refractivity contribution in [1.29, 1.82) is 0 Å². The van der Waals surface area contributed by atoms with Gasteiger partial charge in [-0.15, -0.1) is 0 Å². The molecule has 0 aromatic rings. The quantitative estimate of drug-likeness (QED) is 0.598. The largest absolute Gasteiger partial charge is 0.316 e. The zero-order valence-electron chi connectivity index (χ0n) is 14.9. The minimum atomic E-state index is 0.972. The van der Waals surface area contributed by atoms with E-state index in [4.69, 9.17) is 0 Å². The third kappa shape index (κ3) is 4.98. The van der Waals surface area contributed by atoms with Gasteiger partial charge in [0.05, 0.1) is 0 Å². The number of nitrogens with one attached hydrogen (secondary N) is 1. The van der Waals surface area contributed by atoms with Crippen LogP contribution in [0.5, 0.6) is 0 Å². The van der Waals surface area contributed by atoms with Crippen molar-refractivity contribution < 1.29 is 0 Å². The van der Waals surface area contributed by atoms with E-state index < -0.39 is 0 Å². The van der Waals surface area contributed by atoms with Crippen LogP contribution in [-0.2, 0) is 0 Å². The first-order chi connectivity index (χ1) is 10.3. The first-order valence-corrected chi connectivity index (χ1v) is 9.99. The minimum absolute atomic E-state index is 0.972. The van der Waals surface area contributed by atoms with E-state index in [0.717, 1.165) is 29.6 Å². The lowest BCUT2D eigenvalue weighted by Crippen LogP contribution is -2.38. The van der Waals surface area contributed by atoms with Gasteiger partial charge in [-0.2, -0.15) is 0 Å². The Balaban J connectivity index is 1.94. The zero-order valence-corrected chi connectivity index (χ0v) is 14.9. The molecule has 1 heteroatoms. The summed E-state index contributed by atoms with van der Waals surface area (Å²) in [6.07, 6.45) is 14.7.